The molecule has 1 fully saturated rings. The molecule has 1 aliphatic rings. The molecule has 168 valence electrons. The van der Waals surface area contributed by atoms with E-state index in [1.807, 2.05) is 48.9 Å². The highest BCUT2D eigenvalue weighted by atomic mass is 32.2. The van der Waals surface area contributed by atoms with Gasteiger partial charge in [0, 0.05) is 29.4 Å². The van der Waals surface area contributed by atoms with E-state index in [2.05, 4.69) is 15.1 Å². The van der Waals surface area contributed by atoms with Gasteiger partial charge in [-0.05, 0) is 57.0 Å². The molecule has 1 aliphatic carbocycles. The van der Waals surface area contributed by atoms with Crippen molar-refractivity contribution in [1.82, 2.24) is 19.8 Å². The molecule has 32 heavy (non-hydrogen) atoms. The van der Waals surface area contributed by atoms with Crippen molar-refractivity contribution in [2.45, 2.75) is 44.2 Å². The lowest BCUT2D eigenvalue weighted by Gasteiger charge is -2.12. The molecule has 0 atom stereocenters. The second kappa shape index (κ2) is 8.76. The molecule has 0 bridgehead atoms. The molecule has 1 amide bonds. The SMILES string of the molecule is COc1ccc(C(=O)NCc2c(C)nn(-c3ccccc3)c2C)cc1S(=O)(=O)NC1CC1. The number of methoxy groups -OCH3 is 1. The summed E-state index contributed by atoms with van der Waals surface area (Å²) < 4.78 is 35.1. The van der Waals surface area contributed by atoms with Gasteiger partial charge in [-0.15, -0.1) is 0 Å². The first-order valence-corrected chi connectivity index (χ1v) is 11.9. The predicted molar refractivity (Wildman–Crippen MR) is 121 cm³/mol. The van der Waals surface area contributed by atoms with Gasteiger partial charge in [0.2, 0.25) is 10.0 Å². The number of para-hydroxylation sites is 1. The summed E-state index contributed by atoms with van der Waals surface area (Å²) in [6.07, 6.45) is 1.63. The molecule has 0 spiro atoms. The van der Waals surface area contributed by atoms with Crippen molar-refractivity contribution >= 4 is 15.9 Å². The maximum atomic E-state index is 12.8. The molecule has 2 aromatic carbocycles. The van der Waals surface area contributed by atoms with Gasteiger partial charge in [-0.25, -0.2) is 17.8 Å². The van der Waals surface area contributed by atoms with Crippen LogP contribution < -0.4 is 14.8 Å². The number of carbonyl (C=O) groups excluding carboxylic acids is 1. The van der Waals surface area contributed by atoms with Crippen LogP contribution in [0.25, 0.3) is 5.69 Å². The summed E-state index contributed by atoms with van der Waals surface area (Å²) in [4.78, 5) is 12.8. The average Bonchev–Trinajstić information content (AvgIpc) is 3.55. The topological polar surface area (TPSA) is 102 Å². The zero-order valence-corrected chi connectivity index (χ0v) is 19.1. The summed E-state index contributed by atoms with van der Waals surface area (Å²) in [6.45, 7) is 4.13. The highest BCUT2D eigenvalue weighted by Crippen LogP contribution is 2.28. The van der Waals surface area contributed by atoms with Gasteiger partial charge in [0.05, 0.1) is 18.5 Å². The number of hydrogen-bond acceptors (Lipinski definition) is 5. The van der Waals surface area contributed by atoms with Crippen LogP contribution in [0.3, 0.4) is 0 Å². The first kappa shape index (κ1) is 22.0. The monoisotopic (exact) mass is 454 g/mol. The van der Waals surface area contributed by atoms with Crippen LogP contribution >= 0.6 is 0 Å². The first-order chi connectivity index (χ1) is 15.3. The highest BCUT2D eigenvalue weighted by Gasteiger charge is 2.30. The van der Waals surface area contributed by atoms with Gasteiger partial charge in [0.15, 0.2) is 0 Å². The second-order valence-electron chi connectivity index (χ2n) is 7.84. The number of aromatic nitrogens is 2. The van der Waals surface area contributed by atoms with Gasteiger partial charge in [0.1, 0.15) is 10.6 Å². The van der Waals surface area contributed by atoms with Gasteiger partial charge in [-0.3, -0.25) is 4.79 Å². The molecule has 3 aromatic rings. The van der Waals surface area contributed by atoms with E-state index < -0.39 is 10.0 Å². The van der Waals surface area contributed by atoms with Crippen molar-refractivity contribution in [3.05, 3.63) is 71.0 Å². The van der Waals surface area contributed by atoms with Crippen molar-refractivity contribution < 1.29 is 17.9 Å². The lowest BCUT2D eigenvalue weighted by Crippen LogP contribution is -2.27. The largest absolute Gasteiger partial charge is 0.495 e. The fourth-order valence-corrected chi connectivity index (χ4v) is 5.03. The molecule has 4 rings (SSSR count). The number of amides is 1. The third-order valence-electron chi connectivity index (χ3n) is 5.48. The highest BCUT2D eigenvalue weighted by molar-refractivity contribution is 7.89. The van der Waals surface area contributed by atoms with Crippen molar-refractivity contribution in [2.24, 2.45) is 0 Å². The Hall–Kier alpha value is -3.17. The van der Waals surface area contributed by atoms with Gasteiger partial charge in [-0.2, -0.15) is 5.10 Å². The Bertz CT molecular complexity index is 1250. The van der Waals surface area contributed by atoms with Crippen molar-refractivity contribution in [1.29, 1.82) is 0 Å². The Morgan fingerprint density at radius 3 is 2.53 bits per heavy atom. The van der Waals surface area contributed by atoms with E-state index in [-0.39, 0.29) is 34.7 Å². The van der Waals surface area contributed by atoms with E-state index in [0.29, 0.717) is 0 Å². The van der Waals surface area contributed by atoms with Crippen LogP contribution in [0, 0.1) is 13.8 Å². The zero-order valence-electron chi connectivity index (χ0n) is 18.3. The van der Waals surface area contributed by atoms with Gasteiger partial charge >= 0.3 is 0 Å². The fourth-order valence-electron chi connectivity index (χ4n) is 3.53. The predicted octanol–water partition coefficient (Wildman–Crippen LogP) is 2.87. The molecule has 0 unspecified atom stereocenters. The normalized spacial score (nSPS) is 13.7. The van der Waals surface area contributed by atoms with Crippen LogP contribution in [0.4, 0.5) is 0 Å². The number of benzene rings is 2. The Morgan fingerprint density at radius 2 is 1.88 bits per heavy atom. The summed E-state index contributed by atoms with van der Waals surface area (Å²) in [7, 11) is -2.37. The lowest BCUT2D eigenvalue weighted by atomic mass is 10.1. The number of hydrogen-bond donors (Lipinski definition) is 2. The van der Waals surface area contributed by atoms with E-state index in [4.69, 9.17) is 4.74 Å². The van der Waals surface area contributed by atoms with Crippen molar-refractivity contribution in [2.75, 3.05) is 7.11 Å². The summed E-state index contributed by atoms with van der Waals surface area (Å²) in [5.41, 5.74) is 3.85. The number of nitrogens with one attached hydrogen (secondary N) is 2. The molecule has 9 heteroatoms. The van der Waals surface area contributed by atoms with Crippen LogP contribution in [0.5, 0.6) is 5.75 Å². The maximum absolute atomic E-state index is 12.8. The van der Waals surface area contributed by atoms with Gasteiger partial charge in [-0.1, -0.05) is 18.2 Å². The van der Waals surface area contributed by atoms with E-state index in [0.717, 1.165) is 35.5 Å². The number of sulfonamides is 1. The fraction of sp³-hybridized carbons (Fsp3) is 0.304. The minimum absolute atomic E-state index is 0.0381. The zero-order chi connectivity index (χ0) is 22.9. The summed E-state index contributed by atoms with van der Waals surface area (Å²) in [5.74, 6) is -0.174. The third kappa shape index (κ3) is 4.53. The summed E-state index contributed by atoms with van der Waals surface area (Å²) in [6, 6.07) is 14.1. The molecule has 8 nitrogen and oxygen atoms in total. The minimum Gasteiger partial charge on any atom is -0.495 e. The Morgan fingerprint density at radius 1 is 1.16 bits per heavy atom. The molecular weight excluding hydrogens is 428 g/mol. The Labute approximate surface area is 187 Å². The maximum Gasteiger partial charge on any atom is 0.251 e. The number of ether oxygens (including phenoxy) is 1. The summed E-state index contributed by atoms with van der Waals surface area (Å²) >= 11 is 0. The molecular formula is C23H26N4O4S. The van der Waals surface area contributed by atoms with Gasteiger partial charge < -0.3 is 10.1 Å². The van der Waals surface area contributed by atoms with Gasteiger partial charge in [0.25, 0.3) is 5.91 Å². The van der Waals surface area contributed by atoms with Crippen LogP contribution in [0.15, 0.2) is 53.4 Å². The first-order valence-electron chi connectivity index (χ1n) is 10.4. The van der Waals surface area contributed by atoms with Crippen LogP contribution in [0.1, 0.15) is 40.2 Å². The average molecular weight is 455 g/mol. The summed E-state index contributed by atoms with van der Waals surface area (Å²) in [5, 5.41) is 7.48. The van der Waals surface area contributed by atoms with E-state index >= 15 is 0 Å². The molecule has 1 heterocycles. The van der Waals surface area contributed by atoms with Crippen LogP contribution in [-0.4, -0.2) is 37.3 Å². The molecule has 1 aromatic heterocycles. The number of carbonyl (C=O) groups is 1. The number of nitrogens with zero attached hydrogens (tertiary/aromatic N) is 2. The number of aryl methyl sites for hydroxylation is 1. The Balaban J connectivity index is 1.54. The molecule has 0 radical (unpaired) electrons. The van der Waals surface area contributed by atoms with E-state index in [9.17, 15) is 13.2 Å². The third-order valence-corrected chi connectivity index (χ3v) is 7.02. The molecule has 1 saturated carbocycles. The van der Waals surface area contributed by atoms with Crippen LogP contribution in [0.2, 0.25) is 0 Å². The molecule has 0 saturated heterocycles. The van der Waals surface area contributed by atoms with E-state index in [1.54, 1.807) is 6.07 Å². The smallest absolute Gasteiger partial charge is 0.251 e. The Kier molecular flexibility index (Phi) is 6.03. The van der Waals surface area contributed by atoms with Crippen molar-refractivity contribution in [3.63, 3.8) is 0 Å². The quantitative estimate of drug-likeness (QED) is 0.545. The minimum atomic E-state index is -3.77. The molecule has 0 aliphatic heterocycles. The standard InChI is InChI=1S/C23H26N4O4S/c1-15-20(16(2)27(25-15)19-7-5-4-6-8-19)14-24-23(28)17-9-12-21(31-3)22(13-17)32(29,30)26-18-10-11-18/h4-9,12-13,18,26H,10-11,14H2,1-3H3,(H,24,28). The van der Waals surface area contributed by atoms with Crippen molar-refractivity contribution in [3.8, 4) is 11.4 Å². The molecule has 2 N–H and O–H groups in total. The second-order valence-corrected chi connectivity index (χ2v) is 9.52. The lowest BCUT2D eigenvalue weighted by molar-refractivity contribution is 0.0950. The van der Waals surface area contributed by atoms with Crippen LogP contribution in [-0.2, 0) is 16.6 Å². The van der Waals surface area contributed by atoms with E-state index in [1.165, 1.54) is 19.2 Å². The number of rotatable bonds is 8.